The van der Waals surface area contributed by atoms with Crippen molar-refractivity contribution >= 4 is 23.5 Å². The first-order chi connectivity index (χ1) is 9.93. The van der Waals surface area contributed by atoms with E-state index in [1.165, 1.54) is 19.2 Å². The number of carbonyl (C=O) groups is 2. The van der Waals surface area contributed by atoms with Gasteiger partial charge in [0.2, 0.25) is 0 Å². The number of carboxylic acid groups (broad SMARTS) is 1. The molecule has 0 aromatic carbocycles. The zero-order valence-electron chi connectivity index (χ0n) is 11.4. The monoisotopic (exact) mass is 308 g/mol. The first-order valence-corrected chi connectivity index (χ1v) is 6.17. The van der Waals surface area contributed by atoms with Crippen LogP contribution in [0.2, 0.25) is 5.15 Å². The van der Waals surface area contributed by atoms with Crippen LogP contribution in [-0.2, 0) is 4.74 Å². The van der Waals surface area contributed by atoms with Gasteiger partial charge in [-0.05, 0) is 31.2 Å². The SMILES string of the molecule is COC(=O)c1ccncc1.Cc1cc(C(=O)O)cc(Cl)n1. The molecule has 2 heterocycles. The molecule has 6 nitrogen and oxygen atoms in total. The third-order valence-electron chi connectivity index (χ3n) is 2.27. The van der Waals surface area contributed by atoms with Crippen molar-refractivity contribution in [2.75, 3.05) is 7.11 Å². The Hall–Kier alpha value is -2.47. The predicted molar refractivity (Wildman–Crippen MR) is 76.5 cm³/mol. The van der Waals surface area contributed by atoms with Crippen molar-refractivity contribution in [3.63, 3.8) is 0 Å². The molecule has 1 N–H and O–H groups in total. The minimum atomic E-state index is -0.989. The van der Waals surface area contributed by atoms with Gasteiger partial charge in [0, 0.05) is 18.1 Å². The molecule has 0 aliphatic carbocycles. The van der Waals surface area contributed by atoms with Gasteiger partial charge in [-0.15, -0.1) is 0 Å². The van der Waals surface area contributed by atoms with Gasteiger partial charge in [-0.1, -0.05) is 11.6 Å². The Morgan fingerprint density at radius 3 is 2.29 bits per heavy atom. The van der Waals surface area contributed by atoms with E-state index in [-0.39, 0.29) is 16.7 Å². The van der Waals surface area contributed by atoms with Crippen LogP contribution in [-0.4, -0.2) is 34.1 Å². The van der Waals surface area contributed by atoms with Crippen LogP contribution in [0.1, 0.15) is 26.4 Å². The summed E-state index contributed by atoms with van der Waals surface area (Å²) >= 11 is 5.52. The molecule has 0 bridgehead atoms. The molecule has 0 spiro atoms. The average molecular weight is 309 g/mol. The lowest BCUT2D eigenvalue weighted by Crippen LogP contribution is -2.00. The molecule has 0 unspecified atom stereocenters. The normalized spacial score (nSPS) is 9.29. The fourth-order valence-electron chi connectivity index (χ4n) is 1.36. The number of carbonyl (C=O) groups excluding carboxylic acids is 1. The summed E-state index contributed by atoms with van der Waals surface area (Å²) in [4.78, 5) is 28.8. The number of hydrogen-bond donors (Lipinski definition) is 1. The summed E-state index contributed by atoms with van der Waals surface area (Å²) in [6.07, 6.45) is 3.10. The van der Waals surface area contributed by atoms with Crippen molar-refractivity contribution in [3.05, 3.63) is 58.6 Å². The highest BCUT2D eigenvalue weighted by Crippen LogP contribution is 2.09. The lowest BCUT2D eigenvalue weighted by Gasteiger charge is -1.96. The number of aryl methyl sites for hydroxylation is 1. The third-order valence-corrected chi connectivity index (χ3v) is 2.46. The third kappa shape index (κ3) is 5.58. The minimum absolute atomic E-state index is 0.169. The number of ether oxygens (including phenoxy) is 1. The quantitative estimate of drug-likeness (QED) is 0.677. The molecule has 0 aliphatic rings. The van der Waals surface area contributed by atoms with E-state index in [0.29, 0.717) is 11.3 Å². The fraction of sp³-hybridized carbons (Fsp3) is 0.143. The van der Waals surface area contributed by atoms with Crippen LogP contribution in [0.4, 0.5) is 0 Å². The van der Waals surface area contributed by atoms with Gasteiger partial charge in [0.25, 0.3) is 0 Å². The molecular weight excluding hydrogens is 296 g/mol. The Bertz CT molecular complexity index is 612. The second kappa shape index (κ2) is 7.96. The van der Waals surface area contributed by atoms with Crippen LogP contribution >= 0.6 is 11.6 Å². The smallest absolute Gasteiger partial charge is 0.337 e. The van der Waals surface area contributed by atoms with E-state index in [2.05, 4.69) is 14.7 Å². The minimum Gasteiger partial charge on any atom is -0.478 e. The Morgan fingerprint density at radius 2 is 1.81 bits per heavy atom. The van der Waals surface area contributed by atoms with E-state index >= 15 is 0 Å². The Morgan fingerprint density at radius 1 is 1.19 bits per heavy atom. The number of halogens is 1. The van der Waals surface area contributed by atoms with Crippen molar-refractivity contribution in [2.24, 2.45) is 0 Å². The molecule has 0 amide bonds. The second-order valence-corrected chi connectivity index (χ2v) is 4.24. The van der Waals surface area contributed by atoms with Gasteiger partial charge in [-0.2, -0.15) is 0 Å². The van der Waals surface area contributed by atoms with Crippen LogP contribution in [0.25, 0.3) is 0 Å². The number of rotatable bonds is 2. The van der Waals surface area contributed by atoms with Gasteiger partial charge in [0.1, 0.15) is 5.15 Å². The molecule has 2 aromatic heterocycles. The maximum Gasteiger partial charge on any atom is 0.337 e. The standard InChI is InChI=1S/C7H6ClNO2.C7H7NO2/c1-4-2-5(7(10)11)3-6(8)9-4;1-10-7(9)6-2-4-8-5-3-6/h2-3H,1H3,(H,10,11);2-5H,1H3. The molecule has 0 saturated carbocycles. The number of pyridine rings is 2. The fourth-order valence-corrected chi connectivity index (χ4v) is 1.61. The second-order valence-electron chi connectivity index (χ2n) is 3.85. The maximum absolute atomic E-state index is 10.8. The summed E-state index contributed by atoms with van der Waals surface area (Å²) in [7, 11) is 1.35. The van der Waals surface area contributed by atoms with Gasteiger partial charge in [0.15, 0.2) is 0 Å². The highest BCUT2D eigenvalue weighted by atomic mass is 35.5. The maximum atomic E-state index is 10.8. The number of carboxylic acids is 1. The van der Waals surface area contributed by atoms with Gasteiger partial charge in [-0.3, -0.25) is 4.98 Å². The first kappa shape index (κ1) is 16.6. The molecule has 0 aliphatic heterocycles. The number of aromatic carboxylic acids is 1. The molecule has 7 heteroatoms. The number of methoxy groups -OCH3 is 1. The molecule has 0 radical (unpaired) electrons. The summed E-state index contributed by atoms with van der Waals surface area (Å²) in [5, 5.41) is 8.76. The molecular formula is C14H13ClN2O4. The van der Waals surface area contributed by atoms with Crippen LogP contribution < -0.4 is 0 Å². The summed E-state index contributed by atoms with van der Waals surface area (Å²) in [6.45, 7) is 1.69. The van der Waals surface area contributed by atoms with Gasteiger partial charge in [0.05, 0.1) is 18.2 Å². The lowest BCUT2D eigenvalue weighted by molar-refractivity contribution is 0.0599. The van der Waals surface area contributed by atoms with Crippen LogP contribution in [0.5, 0.6) is 0 Å². The number of nitrogens with zero attached hydrogens (tertiary/aromatic N) is 2. The Balaban J connectivity index is 0.000000211. The molecule has 0 atom stereocenters. The summed E-state index contributed by atoms with van der Waals surface area (Å²) in [6, 6.07) is 5.99. The Labute approximate surface area is 126 Å². The van der Waals surface area contributed by atoms with Crippen molar-refractivity contribution in [1.82, 2.24) is 9.97 Å². The summed E-state index contributed by atoms with van der Waals surface area (Å²) in [5.41, 5.74) is 1.30. The van der Waals surface area contributed by atoms with E-state index in [9.17, 15) is 9.59 Å². The Kier molecular flexibility index (Phi) is 6.29. The van der Waals surface area contributed by atoms with E-state index in [0.717, 1.165) is 0 Å². The van der Waals surface area contributed by atoms with Crippen molar-refractivity contribution in [2.45, 2.75) is 6.92 Å². The van der Waals surface area contributed by atoms with Crippen molar-refractivity contribution in [3.8, 4) is 0 Å². The number of aromatic nitrogens is 2. The molecule has 21 heavy (non-hydrogen) atoms. The van der Waals surface area contributed by atoms with Crippen molar-refractivity contribution in [1.29, 1.82) is 0 Å². The van der Waals surface area contributed by atoms with Crippen LogP contribution in [0.3, 0.4) is 0 Å². The first-order valence-electron chi connectivity index (χ1n) is 5.80. The molecule has 110 valence electrons. The number of esters is 1. The highest BCUT2D eigenvalue weighted by Gasteiger charge is 2.04. The average Bonchev–Trinajstić information content (AvgIpc) is 2.47. The van der Waals surface area contributed by atoms with E-state index in [1.807, 2.05) is 0 Å². The van der Waals surface area contributed by atoms with Gasteiger partial charge >= 0.3 is 11.9 Å². The topological polar surface area (TPSA) is 89.4 Å². The molecule has 0 fully saturated rings. The van der Waals surface area contributed by atoms with E-state index < -0.39 is 5.97 Å². The number of hydrogen-bond acceptors (Lipinski definition) is 5. The van der Waals surface area contributed by atoms with Crippen LogP contribution in [0, 0.1) is 6.92 Å². The predicted octanol–water partition coefficient (Wildman–Crippen LogP) is 2.61. The van der Waals surface area contributed by atoms with E-state index in [1.54, 1.807) is 31.5 Å². The van der Waals surface area contributed by atoms with Gasteiger partial charge < -0.3 is 9.84 Å². The van der Waals surface area contributed by atoms with Crippen molar-refractivity contribution < 1.29 is 19.4 Å². The largest absolute Gasteiger partial charge is 0.478 e. The zero-order valence-corrected chi connectivity index (χ0v) is 12.2. The summed E-state index contributed by atoms with van der Waals surface area (Å²) in [5.74, 6) is -1.32. The van der Waals surface area contributed by atoms with E-state index in [4.69, 9.17) is 16.7 Å². The lowest BCUT2D eigenvalue weighted by atomic mass is 10.2. The molecule has 0 saturated heterocycles. The zero-order chi connectivity index (χ0) is 15.8. The van der Waals surface area contributed by atoms with Crippen LogP contribution in [0.15, 0.2) is 36.7 Å². The molecule has 2 aromatic rings. The summed E-state index contributed by atoms with van der Waals surface area (Å²) < 4.78 is 4.47. The molecule has 2 rings (SSSR count). The highest BCUT2D eigenvalue weighted by molar-refractivity contribution is 6.29. The van der Waals surface area contributed by atoms with Gasteiger partial charge in [-0.25, -0.2) is 14.6 Å².